The van der Waals surface area contributed by atoms with Crippen molar-refractivity contribution in [3.05, 3.63) is 42.5 Å². The fraction of sp³-hybridized carbons (Fsp3) is 0.389. The number of sulfone groups is 1. The number of aryl methyl sites for hydroxylation is 1. The van der Waals surface area contributed by atoms with Gasteiger partial charge in [-0.3, -0.25) is 4.68 Å². The van der Waals surface area contributed by atoms with E-state index in [1.807, 2.05) is 17.9 Å². The van der Waals surface area contributed by atoms with Crippen LogP contribution in [-0.4, -0.2) is 47.5 Å². The van der Waals surface area contributed by atoms with E-state index in [2.05, 4.69) is 26.2 Å². The molecule has 1 aliphatic heterocycles. The van der Waals surface area contributed by atoms with Crippen LogP contribution in [0.25, 0.3) is 10.9 Å². The lowest BCUT2D eigenvalue weighted by Crippen LogP contribution is -2.33. The number of nitrogens with zero attached hydrogens (tertiary/aromatic N) is 5. The van der Waals surface area contributed by atoms with Crippen LogP contribution in [0.3, 0.4) is 0 Å². The summed E-state index contributed by atoms with van der Waals surface area (Å²) in [5.74, 6) is 1.31. The monoisotopic (exact) mass is 371 g/mol. The van der Waals surface area contributed by atoms with Crippen LogP contribution < -0.4 is 4.90 Å². The Morgan fingerprint density at radius 1 is 1.15 bits per heavy atom. The highest BCUT2D eigenvalue weighted by molar-refractivity contribution is 7.90. The zero-order valence-corrected chi connectivity index (χ0v) is 15.6. The molecule has 0 N–H and O–H groups in total. The third-order valence-corrected chi connectivity index (χ3v) is 6.11. The molecule has 0 atom stereocenters. The molecule has 0 spiro atoms. The predicted molar refractivity (Wildman–Crippen MR) is 100 cm³/mol. The van der Waals surface area contributed by atoms with Crippen molar-refractivity contribution in [2.45, 2.75) is 23.7 Å². The molecule has 0 unspecified atom stereocenters. The predicted octanol–water partition coefficient (Wildman–Crippen LogP) is 2.15. The highest BCUT2D eigenvalue weighted by Crippen LogP contribution is 2.32. The van der Waals surface area contributed by atoms with Crippen LogP contribution in [0, 0.1) is 0 Å². The number of rotatable bonds is 3. The summed E-state index contributed by atoms with van der Waals surface area (Å²) in [4.78, 5) is 11.3. The first-order chi connectivity index (χ1) is 12.4. The largest absolute Gasteiger partial charge is 0.356 e. The van der Waals surface area contributed by atoms with Gasteiger partial charge < -0.3 is 4.90 Å². The SMILES string of the molecule is Cn1cc(C2CCN(c3ncnc4ccc(S(C)(=O)=O)cc34)CC2)cn1. The van der Waals surface area contributed by atoms with Gasteiger partial charge in [0.2, 0.25) is 0 Å². The van der Waals surface area contributed by atoms with Gasteiger partial charge in [-0.05, 0) is 42.5 Å². The molecule has 1 aromatic carbocycles. The van der Waals surface area contributed by atoms with Gasteiger partial charge in [-0.25, -0.2) is 18.4 Å². The van der Waals surface area contributed by atoms with E-state index in [9.17, 15) is 8.42 Å². The van der Waals surface area contributed by atoms with E-state index in [0.29, 0.717) is 10.8 Å². The maximum Gasteiger partial charge on any atom is 0.175 e. The molecule has 8 heteroatoms. The topological polar surface area (TPSA) is 81.0 Å². The highest BCUT2D eigenvalue weighted by atomic mass is 32.2. The minimum atomic E-state index is -3.27. The van der Waals surface area contributed by atoms with Crippen LogP contribution >= 0.6 is 0 Å². The van der Waals surface area contributed by atoms with Crippen LogP contribution in [0.1, 0.15) is 24.3 Å². The van der Waals surface area contributed by atoms with Gasteiger partial charge in [-0.1, -0.05) is 0 Å². The fourth-order valence-electron chi connectivity index (χ4n) is 3.58. The van der Waals surface area contributed by atoms with Gasteiger partial charge >= 0.3 is 0 Å². The number of piperidine rings is 1. The fourth-order valence-corrected chi connectivity index (χ4v) is 4.23. The molecular weight excluding hydrogens is 350 g/mol. The summed E-state index contributed by atoms with van der Waals surface area (Å²) in [5, 5.41) is 5.06. The van der Waals surface area contributed by atoms with E-state index in [1.165, 1.54) is 11.8 Å². The second kappa shape index (κ2) is 6.35. The zero-order valence-electron chi connectivity index (χ0n) is 14.8. The first-order valence-corrected chi connectivity index (χ1v) is 10.5. The molecule has 1 aliphatic rings. The van der Waals surface area contributed by atoms with Gasteiger partial charge in [0.05, 0.1) is 16.6 Å². The van der Waals surface area contributed by atoms with Gasteiger partial charge in [0.1, 0.15) is 12.1 Å². The number of aromatic nitrogens is 4. The Labute approximate surface area is 152 Å². The smallest absolute Gasteiger partial charge is 0.175 e. The van der Waals surface area contributed by atoms with Crippen LogP contribution in [0.4, 0.5) is 5.82 Å². The Morgan fingerprint density at radius 3 is 2.58 bits per heavy atom. The molecule has 0 amide bonds. The number of benzene rings is 1. The molecule has 0 bridgehead atoms. The standard InChI is InChI=1S/C18H21N5O2S/c1-22-11-14(10-21-22)13-5-7-23(8-6-13)18-16-9-15(26(2,24)25)3-4-17(16)19-12-20-18/h3-4,9-13H,5-8H2,1-2H3. The first-order valence-electron chi connectivity index (χ1n) is 8.60. The highest BCUT2D eigenvalue weighted by Gasteiger charge is 2.24. The summed E-state index contributed by atoms with van der Waals surface area (Å²) >= 11 is 0. The van der Waals surface area contributed by atoms with Gasteiger partial charge in [-0.15, -0.1) is 0 Å². The molecule has 26 heavy (non-hydrogen) atoms. The van der Waals surface area contributed by atoms with Crippen LogP contribution in [0.15, 0.2) is 41.8 Å². The summed E-state index contributed by atoms with van der Waals surface area (Å²) in [6.45, 7) is 1.74. The third kappa shape index (κ3) is 3.16. The van der Waals surface area contributed by atoms with Crippen molar-refractivity contribution < 1.29 is 8.42 Å². The number of hydrogen-bond donors (Lipinski definition) is 0. The zero-order chi connectivity index (χ0) is 18.3. The second-order valence-corrected chi connectivity index (χ2v) is 8.87. The molecule has 7 nitrogen and oxygen atoms in total. The Bertz CT molecular complexity index is 1050. The molecule has 1 fully saturated rings. The Morgan fingerprint density at radius 2 is 1.92 bits per heavy atom. The molecule has 3 aromatic rings. The Hall–Kier alpha value is -2.48. The first kappa shape index (κ1) is 17.0. The van der Waals surface area contributed by atoms with Gasteiger partial charge in [0.25, 0.3) is 0 Å². The molecule has 136 valence electrons. The Kier molecular flexibility index (Phi) is 4.14. The van der Waals surface area contributed by atoms with E-state index >= 15 is 0 Å². The average Bonchev–Trinajstić information content (AvgIpc) is 3.06. The Balaban J connectivity index is 1.63. The molecule has 1 saturated heterocycles. The summed E-state index contributed by atoms with van der Waals surface area (Å²) in [6.07, 6.45) is 8.82. The maximum absolute atomic E-state index is 11.9. The molecular formula is C18H21N5O2S. The normalized spacial score (nSPS) is 16.3. The van der Waals surface area contributed by atoms with Gasteiger partial charge in [-0.2, -0.15) is 5.10 Å². The third-order valence-electron chi connectivity index (χ3n) is 5.00. The number of hydrogen-bond acceptors (Lipinski definition) is 6. The molecule has 2 aromatic heterocycles. The lowest BCUT2D eigenvalue weighted by Gasteiger charge is -2.33. The number of anilines is 1. The molecule has 4 rings (SSSR count). The maximum atomic E-state index is 11.9. The van der Waals surface area contributed by atoms with E-state index in [-0.39, 0.29) is 0 Å². The lowest BCUT2D eigenvalue weighted by atomic mass is 9.91. The quantitative estimate of drug-likeness (QED) is 0.702. The van der Waals surface area contributed by atoms with Crippen molar-refractivity contribution in [1.82, 2.24) is 19.7 Å². The molecule has 0 aliphatic carbocycles. The van der Waals surface area contributed by atoms with Crippen LogP contribution in [-0.2, 0) is 16.9 Å². The molecule has 0 saturated carbocycles. The molecule has 0 radical (unpaired) electrons. The van der Waals surface area contributed by atoms with Crippen molar-refractivity contribution >= 4 is 26.6 Å². The summed E-state index contributed by atoms with van der Waals surface area (Å²) in [5.41, 5.74) is 2.04. The van der Waals surface area contributed by atoms with Crippen molar-refractivity contribution in [2.75, 3.05) is 24.2 Å². The van der Waals surface area contributed by atoms with Crippen LogP contribution in [0.2, 0.25) is 0 Å². The van der Waals surface area contributed by atoms with E-state index in [4.69, 9.17) is 0 Å². The van der Waals surface area contributed by atoms with Crippen molar-refractivity contribution in [3.8, 4) is 0 Å². The van der Waals surface area contributed by atoms with Crippen molar-refractivity contribution in [3.63, 3.8) is 0 Å². The van der Waals surface area contributed by atoms with Crippen molar-refractivity contribution in [1.29, 1.82) is 0 Å². The lowest BCUT2D eigenvalue weighted by molar-refractivity contribution is 0.503. The van der Waals surface area contributed by atoms with E-state index < -0.39 is 9.84 Å². The summed E-state index contributed by atoms with van der Waals surface area (Å²) in [6, 6.07) is 5.04. The average molecular weight is 371 g/mol. The number of fused-ring (bicyclic) bond motifs is 1. The van der Waals surface area contributed by atoms with Gasteiger partial charge in [0, 0.05) is 38.0 Å². The summed E-state index contributed by atoms with van der Waals surface area (Å²) < 4.78 is 25.6. The van der Waals surface area contributed by atoms with E-state index in [1.54, 1.807) is 24.5 Å². The minimum Gasteiger partial charge on any atom is -0.356 e. The second-order valence-electron chi connectivity index (χ2n) is 6.86. The summed E-state index contributed by atoms with van der Waals surface area (Å²) in [7, 11) is -1.33. The van der Waals surface area contributed by atoms with Gasteiger partial charge in [0.15, 0.2) is 9.84 Å². The molecule has 3 heterocycles. The van der Waals surface area contributed by atoms with E-state index in [0.717, 1.165) is 42.7 Å². The van der Waals surface area contributed by atoms with Crippen LogP contribution in [0.5, 0.6) is 0 Å². The minimum absolute atomic E-state index is 0.297. The van der Waals surface area contributed by atoms with Crippen molar-refractivity contribution in [2.24, 2.45) is 7.05 Å².